The number of rotatable bonds is 5. The van der Waals surface area contributed by atoms with Crippen LogP contribution in [-0.4, -0.2) is 33.5 Å². The van der Waals surface area contributed by atoms with E-state index in [1.165, 1.54) is 32.2 Å². The molecule has 0 amide bonds. The third-order valence-corrected chi connectivity index (χ3v) is 2.24. The second-order valence-electron chi connectivity index (χ2n) is 3.77. The highest BCUT2D eigenvalue weighted by Gasteiger charge is 2.06. The average Bonchev–Trinajstić information content (AvgIpc) is 2.58. The second kappa shape index (κ2) is 10.1. The molecule has 1 aliphatic rings. The van der Waals surface area contributed by atoms with Gasteiger partial charge in [0.15, 0.2) is 0 Å². The topological polar surface area (TPSA) is 72.8 Å². The van der Waals surface area contributed by atoms with Gasteiger partial charge in [-0.1, -0.05) is 26.2 Å². The molecule has 0 spiro atoms. The van der Waals surface area contributed by atoms with Crippen molar-refractivity contribution < 1.29 is 31.4 Å². The Morgan fingerprint density at radius 1 is 1.25 bits per heavy atom. The van der Waals surface area contributed by atoms with Gasteiger partial charge in [-0.15, -0.1) is 0 Å². The molecule has 0 bridgehead atoms. The highest BCUT2D eigenvalue weighted by molar-refractivity contribution is 4.88. The van der Waals surface area contributed by atoms with Crippen LogP contribution in [0.4, 0.5) is 0 Å². The van der Waals surface area contributed by atoms with Crippen LogP contribution in [0.1, 0.15) is 32.6 Å². The Balaban J connectivity index is 0.000000487. The van der Waals surface area contributed by atoms with E-state index in [4.69, 9.17) is 10.3 Å². The Hall–Kier alpha value is -0.0500. The Bertz CT molecular complexity index is 188. The molecule has 16 heavy (non-hydrogen) atoms. The summed E-state index contributed by atoms with van der Waals surface area (Å²) in [6.45, 7) is 4.55. The predicted molar refractivity (Wildman–Crippen MR) is 54.8 cm³/mol. The van der Waals surface area contributed by atoms with Gasteiger partial charge in [0.2, 0.25) is 0 Å². The first-order chi connectivity index (χ1) is 7.56. The van der Waals surface area contributed by atoms with Crippen molar-refractivity contribution in [3.63, 3.8) is 0 Å². The molecule has 0 fully saturated rings. The monoisotopic (exact) mass is 344 g/mol. The molecule has 96 valence electrons. The van der Waals surface area contributed by atoms with E-state index in [2.05, 4.69) is 36.2 Å². The lowest BCUT2D eigenvalue weighted by atomic mass is 10.2. The first-order valence-corrected chi connectivity index (χ1v) is 8.16. The molecule has 1 aliphatic heterocycles. The standard InChI is InChI=1S/C10H20N2.HIO3/c1-3-4-5-6-7-12-9-8-11(2)10-12;2-1(3)4/h8-9H,3-7,10H2,1-2H3;2H. The first kappa shape index (κ1) is 16.0. The summed E-state index contributed by atoms with van der Waals surface area (Å²) in [6, 6.07) is 0. The maximum Gasteiger partial charge on any atom is 0.503 e. The second-order valence-corrected chi connectivity index (χ2v) is 4.92. The molecule has 1 rings (SSSR count). The van der Waals surface area contributed by atoms with Gasteiger partial charge in [-0.05, 0) is 9.86 Å². The van der Waals surface area contributed by atoms with Crippen molar-refractivity contribution in [2.24, 2.45) is 0 Å². The van der Waals surface area contributed by atoms with Crippen molar-refractivity contribution in [1.29, 1.82) is 0 Å². The zero-order chi connectivity index (χ0) is 12.4. The summed E-state index contributed by atoms with van der Waals surface area (Å²) in [5, 5.41) is 0. The fraction of sp³-hybridized carbons (Fsp3) is 0.800. The largest absolute Gasteiger partial charge is 0.503 e. The highest BCUT2D eigenvalue weighted by Crippen LogP contribution is 2.06. The van der Waals surface area contributed by atoms with Crippen molar-refractivity contribution in [3.8, 4) is 0 Å². The summed E-state index contributed by atoms with van der Waals surface area (Å²) in [4.78, 5) is 4.58. The molecule has 0 aromatic rings. The number of hydrogen-bond acceptors (Lipinski definition) is 5. The Morgan fingerprint density at radius 2 is 1.88 bits per heavy atom. The quantitative estimate of drug-likeness (QED) is 0.411. The van der Waals surface area contributed by atoms with E-state index in [1.54, 1.807) is 0 Å². The van der Waals surface area contributed by atoms with Crippen molar-refractivity contribution >= 4 is 0 Å². The van der Waals surface area contributed by atoms with E-state index in [-0.39, 0.29) is 0 Å². The smallest absolute Gasteiger partial charge is 0.396 e. The van der Waals surface area contributed by atoms with E-state index in [9.17, 15) is 0 Å². The molecule has 1 heterocycles. The minimum absolute atomic E-state index is 1.08. The fourth-order valence-corrected chi connectivity index (χ4v) is 1.48. The SMILES string of the molecule is CCCCCCN1C=CN(C)C1.[O-][I+2]([O-])O. The molecule has 6 heteroatoms. The van der Waals surface area contributed by atoms with Crippen LogP contribution in [-0.2, 0) is 0 Å². The maximum atomic E-state index is 8.68. The van der Waals surface area contributed by atoms with Gasteiger partial charge < -0.3 is 16.7 Å². The third kappa shape index (κ3) is 10.5. The minimum Gasteiger partial charge on any atom is -0.396 e. The maximum absolute atomic E-state index is 8.68. The minimum atomic E-state index is -3.76. The zero-order valence-electron chi connectivity index (χ0n) is 9.93. The lowest BCUT2D eigenvalue weighted by molar-refractivity contribution is -1.63. The number of halogens is 1. The summed E-state index contributed by atoms with van der Waals surface area (Å²) < 4.78 is 24.5. The molecule has 0 aliphatic carbocycles. The highest BCUT2D eigenvalue weighted by atomic mass is 127. The number of nitrogens with zero attached hydrogens (tertiary/aromatic N) is 2. The predicted octanol–water partition coefficient (Wildman–Crippen LogP) is -3.69. The summed E-state index contributed by atoms with van der Waals surface area (Å²) in [5.41, 5.74) is 0. The molecule has 0 unspecified atom stereocenters. The van der Waals surface area contributed by atoms with Crippen LogP contribution in [0.5, 0.6) is 0 Å². The third-order valence-electron chi connectivity index (χ3n) is 2.24. The van der Waals surface area contributed by atoms with E-state index < -0.39 is 21.1 Å². The van der Waals surface area contributed by atoms with E-state index in [0.29, 0.717) is 0 Å². The first-order valence-electron chi connectivity index (χ1n) is 5.43. The van der Waals surface area contributed by atoms with Crippen LogP contribution in [0.2, 0.25) is 0 Å². The van der Waals surface area contributed by atoms with E-state index >= 15 is 0 Å². The van der Waals surface area contributed by atoms with Crippen LogP contribution < -0.4 is 27.9 Å². The number of unbranched alkanes of at least 4 members (excludes halogenated alkanes) is 3. The molecule has 0 radical (unpaired) electrons. The average molecular weight is 344 g/mol. The Morgan fingerprint density at radius 3 is 2.31 bits per heavy atom. The van der Waals surface area contributed by atoms with Gasteiger partial charge in [-0.25, -0.2) is 0 Å². The molecule has 0 aromatic heterocycles. The molecule has 0 saturated heterocycles. The fourth-order valence-electron chi connectivity index (χ4n) is 1.48. The van der Waals surface area contributed by atoms with E-state index in [0.717, 1.165) is 6.67 Å². The van der Waals surface area contributed by atoms with Crippen molar-refractivity contribution in [1.82, 2.24) is 9.80 Å². The van der Waals surface area contributed by atoms with Gasteiger partial charge in [-0.3, -0.25) is 0 Å². The normalized spacial score (nSPS) is 14.4. The lowest BCUT2D eigenvalue weighted by Gasteiger charge is -2.17. The van der Waals surface area contributed by atoms with Gasteiger partial charge in [0.05, 0.1) is 6.67 Å². The van der Waals surface area contributed by atoms with Gasteiger partial charge >= 0.3 is 21.1 Å². The van der Waals surface area contributed by atoms with Gasteiger partial charge in [0.25, 0.3) is 0 Å². The molecular weight excluding hydrogens is 323 g/mol. The summed E-state index contributed by atoms with van der Waals surface area (Å²) >= 11 is -3.76. The van der Waals surface area contributed by atoms with Crippen LogP contribution in [0.15, 0.2) is 12.4 Å². The van der Waals surface area contributed by atoms with Gasteiger partial charge in [0.1, 0.15) is 0 Å². The van der Waals surface area contributed by atoms with Crippen LogP contribution in [0.3, 0.4) is 0 Å². The van der Waals surface area contributed by atoms with Crippen LogP contribution >= 0.6 is 0 Å². The van der Waals surface area contributed by atoms with Gasteiger partial charge in [0, 0.05) is 26.0 Å². The Labute approximate surface area is 106 Å². The molecular formula is C10H21IN2O3. The zero-order valence-corrected chi connectivity index (χ0v) is 12.1. The summed E-state index contributed by atoms with van der Waals surface area (Å²) in [7, 11) is 2.11. The molecule has 0 atom stereocenters. The van der Waals surface area contributed by atoms with Gasteiger partial charge in [-0.2, -0.15) is 0 Å². The van der Waals surface area contributed by atoms with Crippen molar-refractivity contribution in [2.75, 3.05) is 20.3 Å². The van der Waals surface area contributed by atoms with E-state index in [1.807, 2.05) is 0 Å². The number of hydrogen-bond donors (Lipinski definition) is 1. The molecule has 0 saturated carbocycles. The van der Waals surface area contributed by atoms with Crippen molar-refractivity contribution in [3.05, 3.63) is 12.4 Å². The lowest BCUT2D eigenvalue weighted by Crippen LogP contribution is -3.98. The summed E-state index contributed by atoms with van der Waals surface area (Å²) in [6.07, 6.45) is 9.76. The molecule has 1 N–H and O–H groups in total. The molecule has 0 aromatic carbocycles. The van der Waals surface area contributed by atoms with Crippen LogP contribution in [0, 0.1) is 0 Å². The Kier molecular flexibility index (Phi) is 10.1. The molecule has 5 nitrogen and oxygen atoms in total. The summed E-state index contributed by atoms with van der Waals surface area (Å²) in [5.74, 6) is 0. The van der Waals surface area contributed by atoms with Crippen LogP contribution in [0.25, 0.3) is 0 Å². The van der Waals surface area contributed by atoms with Crippen molar-refractivity contribution in [2.45, 2.75) is 32.6 Å².